The lowest BCUT2D eigenvalue weighted by Gasteiger charge is -1.96. The SMILES string of the molecule is Cc1ccccc1/C=C/c1nsc(=O)o1. The third kappa shape index (κ3) is 2.41. The van der Waals surface area contributed by atoms with Gasteiger partial charge in [0.2, 0.25) is 5.89 Å². The summed E-state index contributed by atoms with van der Waals surface area (Å²) in [5.41, 5.74) is 2.26. The first kappa shape index (κ1) is 9.86. The molecule has 4 heteroatoms. The van der Waals surface area contributed by atoms with Gasteiger partial charge in [-0.15, -0.1) is 4.37 Å². The van der Waals surface area contributed by atoms with Crippen molar-refractivity contribution in [1.29, 1.82) is 0 Å². The van der Waals surface area contributed by atoms with Gasteiger partial charge in [-0.1, -0.05) is 24.3 Å². The fourth-order valence-corrected chi connectivity index (χ4v) is 1.59. The molecule has 0 fully saturated rings. The average molecular weight is 219 g/mol. The maximum Gasteiger partial charge on any atom is 0.414 e. The molecule has 2 aromatic rings. The minimum atomic E-state index is -0.376. The second-order valence-electron chi connectivity index (χ2n) is 3.06. The van der Waals surface area contributed by atoms with Crippen LogP contribution in [0.15, 0.2) is 33.5 Å². The number of aromatic nitrogens is 1. The molecule has 0 amide bonds. The van der Waals surface area contributed by atoms with Gasteiger partial charge in [-0.05, 0) is 24.1 Å². The first-order valence-corrected chi connectivity index (χ1v) is 5.23. The Morgan fingerprint density at radius 1 is 1.33 bits per heavy atom. The number of benzene rings is 1. The van der Waals surface area contributed by atoms with Crippen molar-refractivity contribution < 1.29 is 4.42 Å². The van der Waals surface area contributed by atoms with E-state index in [-0.39, 0.29) is 4.94 Å². The maximum absolute atomic E-state index is 10.7. The monoisotopic (exact) mass is 219 g/mol. The second kappa shape index (κ2) is 4.23. The van der Waals surface area contributed by atoms with Crippen molar-refractivity contribution in [2.75, 3.05) is 0 Å². The Hall–Kier alpha value is -1.68. The predicted octanol–water partition coefficient (Wildman–Crippen LogP) is 2.58. The van der Waals surface area contributed by atoms with Gasteiger partial charge >= 0.3 is 4.94 Å². The Morgan fingerprint density at radius 3 is 2.80 bits per heavy atom. The number of aryl methyl sites for hydroxylation is 1. The highest BCUT2D eigenvalue weighted by molar-refractivity contribution is 7.02. The maximum atomic E-state index is 10.7. The quantitative estimate of drug-likeness (QED) is 0.779. The highest BCUT2D eigenvalue weighted by Crippen LogP contribution is 2.10. The Bertz CT molecular complexity index is 539. The molecule has 1 heterocycles. The minimum Gasteiger partial charge on any atom is -0.395 e. The number of rotatable bonds is 2. The van der Waals surface area contributed by atoms with Gasteiger partial charge < -0.3 is 4.42 Å². The molecule has 0 radical (unpaired) electrons. The minimum absolute atomic E-state index is 0.355. The molecule has 2 rings (SSSR count). The number of hydrogen-bond acceptors (Lipinski definition) is 4. The fourth-order valence-electron chi connectivity index (χ4n) is 1.20. The van der Waals surface area contributed by atoms with Crippen molar-refractivity contribution in [2.24, 2.45) is 0 Å². The molecule has 1 aromatic heterocycles. The van der Waals surface area contributed by atoms with E-state index in [1.165, 1.54) is 5.56 Å². The van der Waals surface area contributed by atoms with Crippen LogP contribution in [0, 0.1) is 6.92 Å². The summed E-state index contributed by atoms with van der Waals surface area (Å²) in [6.45, 7) is 2.02. The molecule has 15 heavy (non-hydrogen) atoms. The van der Waals surface area contributed by atoms with Crippen molar-refractivity contribution in [3.05, 3.63) is 51.0 Å². The molecule has 3 nitrogen and oxygen atoms in total. The van der Waals surface area contributed by atoms with E-state index in [4.69, 9.17) is 4.42 Å². The van der Waals surface area contributed by atoms with Crippen molar-refractivity contribution in [3.8, 4) is 0 Å². The molecule has 0 bridgehead atoms. The summed E-state index contributed by atoms with van der Waals surface area (Å²) in [6, 6.07) is 7.97. The largest absolute Gasteiger partial charge is 0.414 e. The zero-order valence-electron chi connectivity index (χ0n) is 8.14. The summed E-state index contributed by atoms with van der Waals surface area (Å²) in [5.74, 6) is 0.355. The van der Waals surface area contributed by atoms with Gasteiger partial charge in [-0.3, -0.25) is 0 Å². The van der Waals surface area contributed by atoms with Crippen LogP contribution >= 0.6 is 11.5 Å². The summed E-state index contributed by atoms with van der Waals surface area (Å²) >= 11 is 0.820. The van der Waals surface area contributed by atoms with Crippen LogP contribution in [-0.2, 0) is 0 Å². The summed E-state index contributed by atoms with van der Waals surface area (Å²) < 4.78 is 8.65. The van der Waals surface area contributed by atoms with E-state index in [0.717, 1.165) is 17.1 Å². The van der Waals surface area contributed by atoms with E-state index < -0.39 is 0 Å². The zero-order chi connectivity index (χ0) is 10.7. The molecule has 0 atom stereocenters. The van der Waals surface area contributed by atoms with E-state index in [2.05, 4.69) is 4.37 Å². The third-order valence-electron chi connectivity index (χ3n) is 1.99. The Kier molecular flexibility index (Phi) is 2.78. The molecule has 0 saturated heterocycles. The molecule has 0 aliphatic carbocycles. The normalized spacial score (nSPS) is 11.0. The van der Waals surface area contributed by atoms with E-state index in [0.29, 0.717) is 5.89 Å². The van der Waals surface area contributed by atoms with Crippen LogP contribution in [0.3, 0.4) is 0 Å². The number of hydrogen-bond donors (Lipinski definition) is 0. The van der Waals surface area contributed by atoms with E-state index in [9.17, 15) is 4.79 Å². The van der Waals surface area contributed by atoms with E-state index in [1.54, 1.807) is 6.08 Å². The van der Waals surface area contributed by atoms with Crippen LogP contribution in [0.4, 0.5) is 0 Å². The van der Waals surface area contributed by atoms with Crippen molar-refractivity contribution in [3.63, 3.8) is 0 Å². The lowest BCUT2D eigenvalue weighted by Crippen LogP contribution is -1.81. The summed E-state index contributed by atoms with van der Waals surface area (Å²) in [6.07, 6.45) is 3.58. The molecular weight excluding hydrogens is 210 g/mol. The molecular formula is C11H9NO2S. The first-order valence-electron chi connectivity index (χ1n) is 4.46. The van der Waals surface area contributed by atoms with Crippen LogP contribution < -0.4 is 4.94 Å². The molecule has 0 spiro atoms. The second-order valence-corrected chi connectivity index (χ2v) is 3.76. The van der Waals surface area contributed by atoms with Gasteiger partial charge in [0.15, 0.2) is 0 Å². The van der Waals surface area contributed by atoms with Crippen LogP contribution in [-0.4, -0.2) is 4.37 Å². The van der Waals surface area contributed by atoms with Crippen LogP contribution in [0.2, 0.25) is 0 Å². The molecule has 1 aromatic carbocycles. The van der Waals surface area contributed by atoms with Crippen LogP contribution in [0.25, 0.3) is 12.2 Å². The van der Waals surface area contributed by atoms with Gasteiger partial charge in [0.05, 0.1) is 11.5 Å². The highest BCUT2D eigenvalue weighted by atomic mass is 32.1. The Balaban J connectivity index is 2.26. The Morgan fingerprint density at radius 2 is 2.13 bits per heavy atom. The van der Waals surface area contributed by atoms with Gasteiger partial charge in [0, 0.05) is 6.08 Å². The standard InChI is InChI=1S/C11H9NO2S/c1-8-4-2-3-5-9(8)6-7-10-12-15-11(13)14-10/h2-7H,1H3/b7-6+. The average Bonchev–Trinajstić information content (AvgIpc) is 2.63. The molecule has 76 valence electrons. The summed E-state index contributed by atoms with van der Waals surface area (Å²) in [7, 11) is 0. The highest BCUT2D eigenvalue weighted by Gasteiger charge is 1.96. The van der Waals surface area contributed by atoms with E-state index >= 15 is 0 Å². The van der Waals surface area contributed by atoms with Gasteiger partial charge in [0.25, 0.3) is 0 Å². The molecule has 0 aliphatic rings. The zero-order valence-corrected chi connectivity index (χ0v) is 8.95. The molecule has 0 unspecified atom stereocenters. The van der Waals surface area contributed by atoms with Crippen molar-refractivity contribution in [1.82, 2.24) is 4.37 Å². The lowest BCUT2D eigenvalue weighted by atomic mass is 10.1. The molecule has 0 aliphatic heterocycles. The van der Waals surface area contributed by atoms with Crippen LogP contribution in [0.1, 0.15) is 17.0 Å². The number of nitrogens with zero attached hydrogens (tertiary/aromatic N) is 1. The van der Waals surface area contributed by atoms with Gasteiger partial charge in [0.1, 0.15) is 0 Å². The topological polar surface area (TPSA) is 43.1 Å². The van der Waals surface area contributed by atoms with Crippen molar-refractivity contribution >= 4 is 23.7 Å². The van der Waals surface area contributed by atoms with Crippen molar-refractivity contribution in [2.45, 2.75) is 6.92 Å². The fraction of sp³-hybridized carbons (Fsp3) is 0.0909. The van der Waals surface area contributed by atoms with Crippen LogP contribution in [0.5, 0.6) is 0 Å². The summed E-state index contributed by atoms with van der Waals surface area (Å²) in [4.78, 5) is 10.3. The summed E-state index contributed by atoms with van der Waals surface area (Å²) in [5, 5.41) is 0. The Labute approximate surface area is 90.9 Å². The lowest BCUT2D eigenvalue weighted by molar-refractivity contribution is 0.516. The molecule has 0 saturated carbocycles. The third-order valence-corrected chi connectivity index (χ3v) is 2.50. The van der Waals surface area contributed by atoms with E-state index in [1.807, 2.05) is 37.3 Å². The molecule has 0 N–H and O–H groups in total. The predicted molar refractivity (Wildman–Crippen MR) is 60.8 cm³/mol. The smallest absolute Gasteiger partial charge is 0.395 e. The van der Waals surface area contributed by atoms with Gasteiger partial charge in [-0.25, -0.2) is 4.79 Å². The van der Waals surface area contributed by atoms with Gasteiger partial charge in [-0.2, -0.15) is 0 Å². The first-order chi connectivity index (χ1) is 7.25.